The fourth-order valence-corrected chi connectivity index (χ4v) is 3.66. The molecule has 0 unspecified atom stereocenters. The highest BCUT2D eigenvalue weighted by Gasteiger charge is 2.16. The van der Waals surface area contributed by atoms with Gasteiger partial charge in [0.05, 0.1) is 49.4 Å². The third-order valence-corrected chi connectivity index (χ3v) is 5.43. The maximum absolute atomic E-state index is 5.51. The first-order valence-corrected chi connectivity index (χ1v) is 10.9. The highest BCUT2D eigenvalue weighted by Crippen LogP contribution is 2.34. The molecule has 3 aromatic heterocycles. The second kappa shape index (κ2) is 10.2. The predicted octanol–water partition coefficient (Wildman–Crippen LogP) is 5.18. The fourth-order valence-electron chi connectivity index (χ4n) is 3.66. The van der Waals surface area contributed by atoms with E-state index in [0.29, 0.717) is 18.0 Å². The summed E-state index contributed by atoms with van der Waals surface area (Å²) in [5, 5.41) is 4.27. The normalized spacial score (nSPS) is 11.9. The van der Waals surface area contributed by atoms with Crippen molar-refractivity contribution in [3.63, 3.8) is 0 Å². The Kier molecular flexibility index (Phi) is 6.87. The lowest BCUT2D eigenvalue weighted by Crippen LogP contribution is -2.21. The second-order valence-corrected chi connectivity index (χ2v) is 7.66. The van der Waals surface area contributed by atoms with Crippen molar-refractivity contribution in [3.8, 4) is 22.6 Å². The minimum absolute atomic E-state index is 0.519. The molecule has 34 heavy (non-hydrogen) atoms. The van der Waals surface area contributed by atoms with Crippen molar-refractivity contribution < 1.29 is 9.47 Å². The first-order chi connectivity index (χ1) is 16.5. The first kappa shape index (κ1) is 23.0. The summed E-state index contributed by atoms with van der Waals surface area (Å²) in [6.07, 6.45) is 9.41. The number of aryl methyl sites for hydroxylation is 1. The molecule has 0 amide bonds. The van der Waals surface area contributed by atoms with E-state index in [9.17, 15) is 0 Å². The highest BCUT2D eigenvalue weighted by molar-refractivity contribution is 5.82. The number of methoxy groups -OCH3 is 2. The van der Waals surface area contributed by atoms with Crippen LogP contribution in [0.1, 0.15) is 13.8 Å². The molecule has 174 valence electrons. The molecule has 0 aliphatic heterocycles. The largest absolute Gasteiger partial charge is 0.497 e. The lowest BCUT2D eigenvalue weighted by molar-refractivity contribution is 0.394. The van der Waals surface area contributed by atoms with Crippen molar-refractivity contribution in [2.24, 2.45) is 12.0 Å². The van der Waals surface area contributed by atoms with Crippen molar-refractivity contribution in [2.45, 2.75) is 13.8 Å². The van der Waals surface area contributed by atoms with Crippen molar-refractivity contribution in [3.05, 3.63) is 66.8 Å². The van der Waals surface area contributed by atoms with Gasteiger partial charge in [0.25, 0.3) is 0 Å². The van der Waals surface area contributed by atoms with E-state index < -0.39 is 0 Å². The number of pyridine rings is 2. The Labute approximate surface area is 199 Å². The fraction of sp³-hybridized carbons (Fsp3) is 0.231. The van der Waals surface area contributed by atoms with Gasteiger partial charge >= 0.3 is 0 Å². The molecular formula is C26H28N6O2. The van der Waals surface area contributed by atoms with Gasteiger partial charge in [0.15, 0.2) is 0 Å². The van der Waals surface area contributed by atoms with Crippen LogP contribution in [0.4, 0.5) is 11.5 Å². The van der Waals surface area contributed by atoms with Crippen LogP contribution in [0.5, 0.6) is 11.5 Å². The van der Waals surface area contributed by atoms with Crippen LogP contribution in [0.15, 0.2) is 71.8 Å². The molecule has 3 heterocycles. The molecule has 0 fully saturated rings. The number of aliphatic imine (C=N–C) groups is 1. The van der Waals surface area contributed by atoms with Gasteiger partial charge in [0, 0.05) is 55.0 Å². The quantitative estimate of drug-likeness (QED) is 0.340. The van der Waals surface area contributed by atoms with Crippen LogP contribution < -0.4 is 14.4 Å². The van der Waals surface area contributed by atoms with Gasteiger partial charge < -0.3 is 14.4 Å². The van der Waals surface area contributed by atoms with Crippen LogP contribution in [0, 0.1) is 0 Å². The van der Waals surface area contributed by atoms with Gasteiger partial charge in [0.2, 0.25) is 0 Å². The first-order valence-electron chi connectivity index (χ1n) is 10.9. The summed E-state index contributed by atoms with van der Waals surface area (Å²) in [4.78, 5) is 16.2. The van der Waals surface area contributed by atoms with Crippen LogP contribution in [-0.4, -0.2) is 46.7 Å². The van der Waals surface area contributed by atoms with Gasteiger partial charge in [-0.05, 0) is 32.0 Å². The zero-order valence-corrected chi connectivity index (χ0v) is 20.1. The minimum atomic E-state index is 0.519. The van der Waals surface area contributed by atoms with Crippen LogP contribution in [0.2, 0.25) is 0 Å². The number of rotatable bonds is 8. The molecule has 0 saturated carbocycles. The van der Waals surface area contributed by atoms with Crippen molar-refractivity contribution in [1.82, 2.24) is 19.7 Å². The Balaban J connectivity index is 1.83. The van der Waals surface area contributed by atoms with E-state index >= 15 is 0 Å². The van der Waals surface area contributed by atoms with Crippen LogP contribution >= 0.6 is 0 Å². The predicted molar refractivity (Wildman–Crippen MR) is 136 cm³/mol. The average molecular weight is 457 g/mol. The number of nitrogens with zero attached hydrogens (tertiary/aromatic N) is 6. The van der Waals surface area contributed by atoms with Crippen molar-refractivity contribution in [2.75, 3.05) is 25.7 Å². The molecule has 0 atom stereocenters. The number of benzene rings is 1. The van der Waals surface area contributed by atoms with Gasteiger partial charge in [0.1, 0.15) is 17.3 Å². The Hall–Kier alpha value is -4.20. The van der Waals surface area contributed by atoms with Gasteiger partial charge in [-0.25, -0.2) is 4.98 Å². The molecule has 0 spiro atoms. The molecule has 0 N–H and O–H groups in total. The summed E-state index contributed by atoms with van der Waals surface area (Å²) < 4.78 is 12.8. The molecule has 0 saturated heterocycles. The molecule has 4 aromatic rings. The van der Waals surface area contributed by atoms with Crippen LogP contribution in [0.3, 0.4) is 0 Å². The number of hydrogen-bond acceptors (Lipinski definition) is 7. The van der Waals surface area contributed by atoms with E-state index in [1.165, 1.54) is 0 Å². The van der Waals surface area contributed by atoms with Gasteiger partial charge in [-0.2, -0.15) is 5.10 Å². The molecule has 4 rings (SSSR count). The van der Waals surface area contributed by atoms with Gasteiger partial charge in [-0.3, -0.25) is 14.7 Å². The van der Waals surface area contributed by atoms with E-state index in [1.54, 1.807) is 25.1 Å². The van der Waals surface area contributed by atoms with Crippen molar-refractivity contribution in [1.29, 1.82) is 0 Å². The minimum Gasteiger partial charge on any atom is -0.497 e. The number of fused-ring (bicyclic) bond motifs is 1. The summed E-state index contributed by atoms with van der Waals surface area (Å²) in [7, 11) is 5.18. The van der Waals surface area contributed by atoms with Gasteiger partial charge in [-0.1, -0.05) is 6.08 Å². The molecule has 0 radical (unpaired) electrons. The van der Waals surface area contributed by atoms with Crippen LogP contribution in [-0.2, 0) is 7.05 Å². The van der Waals surface area contributed by atoms with E-state index in [1.807, 2.05) is 82.0 Å². The Morgan fingerprint density at radius 3 is 2.38 bits per heavy atom. The average Bonchev–Trinajstić information content (AvgIpc) is 3.31. The molecule has 0 aliphatic rings. The monoisotopic (exact) mass is 456 g/mol. The van der Waals surface area contributed by atoms with E-state index in [4.69, 9.17) is 14.5 Å². The third kappa shape index (κ3) is 4.91. The maximum Gasteiger partial charge on any atom is 0.134 e. The Morgan fingerprint density at radius 2 is 1.76 bits per heavy atom. The van der Waals surface area contributed by atoms with E-state index in [-0.39, 0.29) is 0 Å². The Morgan fingerprint density at radius 1 is 1.00 bits per heavy atom. The van der Waals surface area contributed by atoms with Crippen LogP contribution in [0.25, 0.3) is 22.2 Å². The standard InChI is InChI=1S/C26H28N6O2/c1-6-20(27-7-2)17-32(21-11-22(33-4)13-23(12-21)34-5)26-9-8-24-25(30-26)10-18(14-28-24)19-15-29-31(3)16-19/h6-16H,17H2,1-5H3/b20-6-,27-7?. The number of anilines is 2. The topological polar surface area (TPSA) is 77.7 Å². The third-order valence-electron chi connectivity index (χ3n) is 5.43. The highest BCUT2D eigenvalue weighted by atomic mass is 16.5. The number of aromatic nitrogens is 4. The zero-order chi connectivity index (χ0) is 24.1. The molecule has 8 nitrogen and oxygen atoms in total. The molecule has 0 aliphatic carbocycles. The van der Waals surface area contributed by atoms with E-state index in [2.05, 4.69) is 20.0 Å². The summed E-state index contributed by atoms with van der Waals surface area (Å²) in [6.45, 7) is 4.40. The summed E-state index contributed by atoms with van der Waals surface area (Å²) in [5.41, 5.74) is 5.35. The number of allylic oxidation sites excluding steroid dienone is 1. The summed E-state index contributed by atoms with van der Waals surface area (Å²) in [5.74, 6) is 2.15. The van der Waals surface area contributed by atoms with E-state index in [0.717, 1.165) is 39.4 Å². The Bertz CT molecular complexity index is 1340. The molecule has 1 aromatic carbocycles. The number of hydrogen-bond donors (Lipinski definition) is 0. The number of ether oxygens (including phenoxy) is 2. The second-order valence-electron chi connectivity index (χ2n) is 7.66. The lowest BCUT2D eigenvalue weighted by atomic mass is 10.1. The molecule has 8 heteroatoms. The zero-order valence-electron chi connectivity index (χ0n) is 20.1. The van der Waals surface area contributed by atoms with Gasteiger partial charge in [-0.15, -0.1) is 0 Å². The van der Waals surface area contributed by atoms with Crippen molar-refractivity contribution >= 4 is 28.8 Å². The SMILES string of the molecule is CC=N/C(=C\C)CN(c1cc(OC)cc(OC)c1)c1ccc2ncc(-c3cnn(C)c3)cc2n1. The molecular weight excluding hydrogens is 428 g/mol. The molecule has 0 bridgehead atoms. The smallest absolute Gasteiger partial charge is 0.134 e. The summed E-state index contributed by atoms with van der Waals surface area (Å²) in [6, 6.07) is 11.7. The lowest BCUT2D eigenvalue weighted by Gasteiger charge is -2.25. The maximum atomic E-state index is 5.51. The summed E-state index contributed by atoms with van der Waals surface area (Å²) >= 11 is 0.